The highest BCUT2D eigenvalue weighted by Gasteiger charge is 2.30. The fourth-order valence-electron chi connectivity index (χ4n) is 3.72. The third-order valence-corrected chi connectivity index (χ3v) is 5.76. The summed E-state index contributed by atoms with van der Waals surface area (Å²) in [4.78, 5) is 16.5. The predicted molar refractivity (Wildman–Crippen MR) is 113 cm³/mol. The maximum Gasteiger partial charge on any atom is 0.282 e. The molecule has 1 saturated heterocycles. The zero-order valence-electron chi connectivity index (χ0n) is 16.3. The third kappa shape index (κ3) is 4.63. The first-order valence-corrected chi connectivity index (χ1v) is 10.1. The summed E-state index contributed by atoms with van der Waals surface area (Å²) in [7, 11) is 0. The molecule has 0 aromatic heterocycles. The summed E-state index contributed by atoms with van der Waals surface area (Å²) in [5.41, 5.74) is 3.19. The molecule has 5 heteroatoms. The second kappa shape index (κ2) is 8.77. The minimum atomic E-state index is -0.0846. The summed E-state index contributed by atoms with van der Waals surface area (Å²) < 4.78 is 0. The molecule has 144 valence electrons. The Hall–Kier alpha value is -2.04. The number of benzene rings is 2. The van der Waals surface area contributed by atoms with Crippen LogP contribution in [0.1, 0.15) is 32.3 Å². The molecular weight excluding hydrogens is 358 g/mol. The van der Waals surface area contributed by atoms with Crippen LogP contribution in [0, 0.1) is 0 Å². The Bertz CT molecular complexity index is 785. The van der Waals surface area contributed by atoms with Crippen molar-refractivity contribution in [1.29, 1.82) is 0 Å². The van der Waals surface area contributed by atoms with Gasteiger partial charge in [-0.15, -0.1) is 0 Å². The fraction of sp³-hybridized carbons (Fsp3) is 0.409. The van der Waals surface area contributed by atoms with E-state index in [4.69, 9.17) is 11.6 Å². The van der Waals surface area contributed by atoms with Gasteiger partial charge in [0.05, 0.1) is 36.9 Å². The Labute approximate surface area is 167 Å². The Kier molecular flexibility index (Phi) is 6.40. The predicted octanol–water partition coefficient (Wildman–Crippen LogP) is 3.20. The van der Waals surface area contributed by atoms with Crippen LogP contribution < -0.4 is 15.1 Å². The molecule has 1 amide bonds. The van der Waals surface area contributed by atoms with Crippen LogP contribution in [0.4, 0.5) is 11.4 Å². The largest absolute Gasteiger partial charge is 0.359 e. The van der Waals surface area contributed by atoms with Gasteiger partial charge < -0.3 is 15.1 Å². The first-order chi connectivity index (χ1) is 13.0. The number of hydrogen-bond donors (Lipinski definition) is 2. The Balaban J connectivity index is 1.60. The summed E-state index contributed by atoms with van der Waals surface area (Å²) in [5.74, 6) is 0.465. The summed E-state index contributed by atoms with van der Waals surface area (Å²) in [6.07, 6.45) is 0. The third-order valence-electron chi connectivity index (χ3n) is 5.45. The standard InChI is InChI=1S/C22H28ClN3O/c1-16(2)18-8-4-6-10-20(18)24-22(27)17(3)25-12-14-26(15-13-25)21-11-7-5-9-19(21)23/h4-11,16-17H,12-15H2,1-3H3,(H,24,27)/p+1/t17-/m1/s1. The van der Waals surface area contributed by atoms with Crippen LogP contribution in [0.25, 0.3) is 0 Å². The number of rotatable bonds is 5. The summed E-state index contributed by atoms with van der Waals surface area (Å²) in [5, 5.41) is 3.94. The van der Waals surface area contributed by atoms with Crippen LogP contribution in [0.15, 0.2) is 48.5 Å². The Morgan fingerprint density at radius 3 is 2.33 bits per heavy atom. The van der Waals surface area contributed by atoms with Gasteiger partial charge in [0.2, 0.25) is 0 Å². The minimum Gasteiger partial charge on any atom is -0.359 e. The topological polar surface area (TPSA) is 36.8 Å². The van der Waals surface area contributed by atoms with E-state index in [0.717, 1.165) is 42.6 Å². The molecule has 1 atom stereocenters. The molecule has 2 aromatic carbocycles. The first kappa shape index (κ1) is 19.7. The molecule has 2 N–H and O–H groups in total. The lowest BCUT2D eigenvalue weighted by Crippen LogP contribution is -3.19. The van der Waals surface area contributed by atoms with Crippen molar-refractivity contribution in [2.45, 2.75) is 32.7 Å². The summed E-state index contributed by atoms with van der Waals surface area (Å²) >= 11 is 6.32. The molecule has 0 aliphatic carbocycles. The maximum absolute atomic E-state index is 12.8. The van der Waals surface area contributed by atoms with E-state index in [1.807, 2.05) is 43.3 Å². The fourth-order valence-corrected chi connectivity index (χ4v) is 3.97. The average Bonchev–Trinajstić information content (AvgIpc) is 2.68. The van der Waals surface area contributed by atoms with Crippen molar-refractivity contribution < 1.29 is 9.69 Å². The van der Waals surface area contributed by atoms with Gasteiger partial charge in [-0.25, -0.2) is 0 Å². The van der Waals surface area contributed by atoms with Crippen LogP contribution in [0.2, 0.25) is 5.02 Å². The number of halogens is 1. The van der Waals surface area contributed by atoms with Crippen molar-refractivity contribution >= 4 is 28.9 Å². The second-order valence-corrected chi connectivity index (χ2v) is 7.96. The van der Waals surface area contributed by atoms with Crippen molar-refractivity contribution in [1.82, 2.24) is 0 Å². The molecule has 1 fully saturated rings. The number of nitrogens with one attached hydrogen (secondary N) is 2. The van der Waals surface area contributed by atoms with Crippen LogP contribution in [-0.2, 0) is 4.79 Å². The number of hydrogen-bond acceptors (Lipinski definition) is 2. The first-order valence-electron chi connectivity index (χ1n) is 9.71. The van der Waals surface area contributed by atoms with Crippen molar-refractivity contribution in [3.05, 3.63) is 59.1 Å². The van der Waals surface area contributed by atoms with E-state index in [9.17, 15) is 4.79 Å². The highest BCUT2D eigenvalue weighted by Crippen LogP contribution is 2.25. The quantitative estimate of drug-likeness (QED) is 0.828. The van der Waals surface area contributed by atoms with Gasteiger partial charge in [0.15, 0.2) is 6.04 Å². The normalized spacial score (nSPS) is 16.4. The van der Waals surface area contributed by atoms with Gasteiger partial charge >= 0.3 is 0 Å². The molecule has 0 spiro atoms. The average molecular weight is 387 g/mol. The molecule has 0 bridgehead atoms. The number of carbonyl (C=O) groups is 1. The molecule has 0 radical (unpaired) electrons. The lowest BCUT2D eigenvalue weighted by atomic mass is 10.0. The number of para-hydroxylation sites is 2. The van der Waals surface area contributed by atoms with E-state index in [2.05, 4.69) is 36.2 Å². The summed E-state index contributed by atoms with van der Waals surface area (Å²) in [6, 6.07) is 15.9. The van der Waals surface area contributed by atoms with Gasteiger partial charge in [-0.1, -0.05) is 55.8 Å². The molecule has 0 unspecified atom stereocenters. The van der Waals surface area contributed by atoms with Crippen LogP contribution in [-0.4, -0.2) is 38.1 Å². The van der Waals surface area contributed by atoms with E-state index >= 15 is 0 Å². The summed E-state index contributed by atoms with van der Waals surface area (Å²) in [6.45, 7) is 9.96. The van der Waals surface area contributed by atoms with Crippen LogP contribution in [0.3, 0.4) is 0 Å². The molecular formula is C22H29ClN3O+. The van der Waals surface area contributed by atoms with Crippen molar-refractivity contribution in [2.75, 3.05) is 36.4 Å². The number of amides is 1. The van der Waals surface area contributed by atoms with Crippen LogP contribution >= 0.6 is 11.6 Å². The Morgan fingerprint density at radius 1 is 1.04 bits per heavy atom. The zero-order chi connectivity index (χ0) is 19.4. The van der Waals surface area contributed by atoms with E-state index in [1.54, 1.807) is 0 Å². The number of nitrogens with zero attached hydrogens (tertiary/aromatic N) is 1. The van der Waals surface area contributed by atoms with E-state index in [-0.39, 0.29) is 11.9 Å². The smallest absolute Gasteiger partial charge is 0.282 e. The van der Waals surface area contributed by atoms with Crippen molar-refractivity contribution in [2.24, 2.45) is 0 Å². The van der Waals surface area contributed by atoms with Crippen molar-refractivity contribution in [3.8, 4) is 0 Å². The van der Waals surface area contributed by atoms with E-state index < -0.39 is 0 Å². The van der Waals surface area contributed by atoms with Gasteiger partial charge in [0.25, 0.3) is 5.91 Å². The number of anilines is 2. The van der Waals surface area contributed by atoms with E-state index in [1.165, 1.54) is 10.5 Å². The van der Waals surface area contributed by atoms with Gasteiger partial charge in [-0.2, -0.15) is 0 Å². The number of piperazine rings is 1. The lowest BCUT2D eigenvalue weighted by molar-refractivity contribution is -0.914. The molecule has 27 heavy (non-hydrogen) atoms. The van der Waals surface area contributed by atoms with Gasteiger partial charge in [-0.3, -0.25) is 4.79 Å². The highest BCUT2D eigenvalue weighted by molar-refractivity contribution is 6.33. The maximum atomic E-state index is 12.8. The van der Waals surface area contributed by atoms with Gasteiger partial charge in [-0.05, 0) is 36.6 Å². The molecule has 4 nitrogen and oxygen atoms in total. The molecule has 3 rings (SSSR count). The monoisotopic (exact) mass is 386 g/mol. The highest BCUT2D eigenvalue weighted by atomic mass is 35.5. The second-order valence-electron chi connectivity index (χ2n) is 7.55. The SMILES string of the molecule is CC(C)c1ccccc1NC(=O)[C@@H](C)[NH+]1CCN(c2ccccc2Cl)CC1. The molecule has 2 aromatic rings. The molecule has 1 aliphatic heterocycles. The van der Waals surface area contributed by atoms with E-state index in [0.29, 0.717) is 5.92 Å². The van der Waals surface area contributed by atoms with Crippen LogP contribution in [0.5, 0.6) is 0 Å². The molecule has 0 saturated carbocycles. The minimum absolute atomic E-state index is 0.0846. The van der Waals surface area contributed by atoms with Crippen molar-refractivity contribution in [3.63, 3.8) is 0 Å². The zero-order valence-corrected chi connectivity index (χ0v) is 17.1. The Morgan fingerprint density at radius 2 is 1.67 bits per heavy atom. The molecule has 1 aliphatic rings. The van der Waals surface area contributed by atoms with Gasteiger partial charge in [0.1, 0.15) is 0 Å². The number of carbonyl (C=O) groups excluding carboxylic acids is 1. The van der Waals surface area contributed by atoms with Gasteiger partial charge in [0, 0.05) is 5.69 Å². The number of quaternary nitrogens is 1. The molecule has 1 heterocycles. The lowest BCUT2D eigenvalue weighted by Gasteiger charge is -2.36.